The number of halogens is 2. The number of aryl methyl sites for hydroxylation is 1. The number of H-pyrrole nitrogens is 1. The Balaban J connectivity index is 1.24. The maximum absolute atomic E-state index is 15.5. The van der Waals surface area contributed by atoms with Crippen molar-refractivity contribution in [3.05, 3.63) is 112 Å². The zero-order chi connectivity index (χ0) is 45.4. The van der Waals surface area contributed by atoms with Crippen LogP contribution in [0.25, 0.3) is 10.8 Å². The Morgan fingerprint density at radius 1 is 1.02 bits per heavy atom. The van der Waals surface area contributed by atoms with E-state index in [2.05, 4.69) is 36.2 Å². The predicted octanol–water partition coefficient (Wildman–Crippen LogP) is 3.12. The second-order valence-corrected chi connectivity index (χ2v) is 15.4. The Hall–Kier alpha value is -7.00. The standard InChI is InChI=1S/C42H50F2N12O7/c1-23(2)34(45)40(59)51-30(6-5-15-47-41(46)60)39(58)50-28-13-7-24(8-14-28)20-63-42(61)55(16-17-62-4)22-56-31-19-27(44)18-29-32(31)35(52-53-38(29)57)33(37-48-21-49-54(37)3)36(56)25-9-11-26(43)12-10-25/h7-14,18-19,21,23,30,33-34,36H,5-6,15-17,20,22,45H2,1-4H3,(H,50,58)(H,51,59)(H,53,57)(H3,46,47,60)/t30-,33-,34-,36+/m0/s1. The largest absolute Gasteiger partial charge is 0.445 e. The Kier molecular flexibility index (Phi) is 14.6. The first-order valence-corrected chi connectivity index (χ1v) is 20.1. The molecule has 3 aromatic carbocycles. The number of urea groups is 1. The van der Waals surface area contributed by atoms with Gasteiger partial charge in [-0.3, -0.25) is 24.0 Å². The molecule has 5 amide bonds. The van der Waals surface area contributed by atoms with Crippen molar-refractivity contribution >= 4 is 46.1 Å². The number of ether oxygens (including phenoxy) is 2. The molecule has 0 radical (unpaired) electrons. The van der Waals surface area contributed by atoms with E-state index in [9.17, 15) is 28.4 Å². The summed E-state index contributed by atoms with van der Waals surface area (Å²) in [6, 6.07) is 11.3. The fourth-order valence-electron chi connectivity index (χ4n) is 7.36. The van der Waals surface area contributed by atoms with E-state index in [1.165, 1.54) is 36.5 Å². The van der Waals surface area contributed by atoms with Gasteiger partial charge in [0.2, 0.25) is 11.8 Å². The van der Waals surface area contributed by atoms with Crippen molar-refractivity contribution in [2.45, 2.75) is 57.3 Å². The van der Waals surface area contributed by atoms with Crippen molar-refractivity contribution in [1.29, 1.82) is 0 Å². The normalized spacial score (nSPS) is 15.5. The van der Waals surface area contributed by atoms with Crippen LogP contribution in [0.5, 0.6) is 0 Å². The van der Waals surface area contributed by atoms with E-state index in [4.69, 9.17) is 20.9 Å². The zero-order valence-corrected chi connectivity index (χ0v) is 35.1. The summed E-state index contributed by atoms with van der Waals surface area (Å²) >= 11 is 0. The molecule has 6 rings (SSSR count). The highest BCUT2D eigenvalue weighted by Gasteiger charge is 2.43. The highest BCUT2D eigenvalue weighted by atomic mass is 19.1. The van der Waals surface area contributed by atoms with Crippen LogP contribution in [0.15, 0.2) is 71.8 Å². The van der Waals surface area contributed by atoms with Crippen LogP contribution in [0.2, 0.25) is 0 Å². The summed E-state index contributed by atoms with van der Waals surface area (Å²) in [4.78, 5) is 72.0. The van der Waals surface area contributed by atoms with Gasteiger partial charge in [0.15, 0.2) is 0 Å². The summed E-state index contributed by atoms with van der Waals surface area (Å²) in [6.07, 6.45) is 1.13. The van der Waals surface area contributed by atoms with Gasteiger partial charge in [0.05, 0.1) is 48.0 Å². The molecule has 4 atom stereocenters. The minimum absolute atomic E-state index is 0.0267. The third kappa shape index (κ3) is 10.7. The van der Waals surface area contributed by atoms with Crippen LogP contribution in [0.3, 0.4) is 0 Å². The Morgan fingerprint density at radius 3 is 2.40 bits per heavy atom. The highest BCUT2D eigenvalue weighted by Crippen LogP contribution is 2.50. The van der Waals surface area contributed by atoms with Crippen molar-refractivity contribution in [1.82, 2.24) is 40.5 Å². The van der Waals surface area contributed by atoms with Crippen LogP contribution in [-0.4, -0.2) is 99.4 Å². The van der Waals surface area contributed by atoms with Crippen LogP contribution >= 0.6 is 0 Å². The first-order valence-electron chi connectivity index (χ1n) is 20.1. The lowest BCUT2D eigenvalue weighted by atomic mass is 9.82. The second-order valence-electron chi connectivity index (χ2n) is 15.4. The van der Waals surface area contributed by atoms with Crippen molar-refractivity contribution in [3.63, 3.8) is 0 Å². The van der Waals surface area contributed by atoms with Gasteiger partial charge < -0.3 is 41.8 Å². The smallest absolute Gasteiger partial charge is 0.411 e. The van der Waals surface area contributed by atoms with Gasteiger partial charge in [0.1, 0.15) is 36.4 Å². The van der Waals surface area contributed by atoms with E-state index in [0.717, 1.165) is 6.07 Å². The average Bonchev–Trinajstić information content (AvgIpc) is 3.68. The molecule has 0 aliphatic carbocycles. The third-order valence-electron chi connectivity index (χ3n) is 10.7. The van der Waals surface area contributed by atoms with Gasteiger partial charge in [0.25, 0.3) is 5.56 Å². The Morgan fingerprint density at radius 2 is 1.75 bits per heavy atom. The van der Waals surface area contributed by atoms with E-state index in [1.807, 2.05) is 0 Å². The van der Waals surface area contributed by atoms with Crippen molar-refractivity contribution in [2.24, 2.45) is 24.4 Å². The number of nitrogens with two attached hydrogens (primary N) is 2. The van der Waals surface area contributed by atoms with E-state index < -0.39 is 65.2 Å². The van der Waals surface area contributed by atoms with Gasteiger partial charge >= 0.3 is 12.1 Å². The number of aromatic amines is 1. The lowest BCUT2D eigenvalue weighted by molar-refractivity contribution is -0.128. The summed E-state index contributed by atoms with van der Waals surface area (Å²) in [6.45, 7) is 3.48. The van der Waals surface area contributed by atoms with Crippen molar-refractivity contribution in [2.75, 3.05) is 43.7 Å². The molecular formula is C42H50F2N12O7. The number of nitrogens with zero attached hydrogens (tertiary/aromatic N) is 6. The molecule has 8 N–H and O–H groups in total. The average molecular weight is 873 g/mol. The predicted molar refractivity (Wildman–Crippen MR) is 227 cm³/mol. The number of primary amides is 1. The van der Waals surface area contributed by atoms with Gasteiger partial charge in [-0.2, -0.15) is 10.2 Å². The SMILES string of the molecule is COCCN(CN1c2cc(F)cc3c(=O)[nH]nc(c23)[C@H](c2ncnn2C)[C@H]1c1ccc(F)cc1)C(=O)OCc1ccc(NC(=O)[C@H](CCCNC(N)=O)NC(=O)[C@@H](N)C(C)C)cc1. The fraction of sp³-hybridized carbons (Fsp3) is 0.381. The first-order chi connectivity index (χ1) is 30.2. The number of hydrogen-bond donors (Lipinski definition) is 6. The third-order valence-corrected chi connectivity index (χ3v) is 10.7. The van der Waals surface area contributed by atoms with Crippen molar-refractivity contribution < 1.29 is 37.4 Å². The number of rotatable bonds is 18. The minimum atomic E-state index is -0.970. The number of hydrogen-bond acceptors (Lipinski definition) is 12. The Bertz CT molecular complexity index is 2480. The molecule has 0 bridgehead atoms. The topological polar surface area (TPSA) is 258 Å². The lowest BCUT2D eigenvalue weighted by Crippen LogP contribution is -2.51. The van der Waals surface area contributed by atoms with Crippen LogP contribution in [0, 0.1) is 17.6 Å². The van der Waals surface area contributed by atoms with E-state index in [-0.39, 0.29) is 56.4 Å². The molecule has 0 saturated carbocycles. The molecule has 63 heavy (non-hydrogen) atoms. The number of carbonyl (C=O) groups is 4. The van der Waals surface area contributed by atoms with Crippen LogP contribution in [0.1, 0.15) is 61.3 Å². The molecule has 21 heteroatoms. The molecule has 0 saturated heterocycles. The molecule has 0 unspecified atom stereocenters. The van der Waals surface area contributed by atoms with Crippen LogP contribution in [0.4, 0.5) is 29.7 Å². The molecule has 3 heterocycles. The number of benzene rings is 3. The molecule has 0 fully saturated rings. The monoisotopic (exact) mass is 872 g/mol. The van der Waals surface area contributed by atoms with Crippen LogP contribution in [-0.2, 0) is 32.7 Å². The number of carbonyl (C=O) groups excluding carboxylic acids is 4. The summed E-state index contributed by atoms with van der Waals surface area (Å²) in [5.41, 5.74) is 12.7. The molecule has 334 valence electrons. The number of anilines is 2. The van der Waals surface area contributed by atoms with Crippen LogP contribution < -0.4 is 37.9 Å². The van der Waals surface area contributed by atoms with Crippen molar-refractivity contribution in [3.8, 4) is 0 Å². The molecule has 2 aromatic heterocycles. The van der Waals surface area contributed by atoms with Gasteiger partial charge in [-0.25, -0.2) is 28.5 Å². The van der Waals surface area contributed by atoms with Gasteiger partial charge in [-0.1, -0.05) is 38.1 Å². The Labute approximate surface area is 360 Å². The molecule has 1 aliphatic rings. The number of methoxy groups -OCH3 is 1. The zero-order valence-electron chi connectivity index (χ0n) is 35.1. The summed E-state index contributed by atoms with van der Waals surface area (Å²) in [5, 5.41) is 19.5. The lowest BCUT2D eigenvalue weighted by Gasteiger charge is -2.44. The van der Waals surface area contributed by atoms with Gasteiger partial charge in [-0.05, 0) is 66.3 Å². The molecule has 0 spiro atoms. The van der Waals surface area contributed by atoms with E-state index in [1.54, 1.807) is 66.9 Å². The summed E-state index contributed by atoms with van der Waals surface area (Å²) in [5.74, 6) is -2.71. The molecular weight excluding hydrogens is 823 g/mol. The number of amides is 5. The first kappa shape index (κ1) is 45.5. The van der Waals surface area contributed by atoms with E-state index >= 15 is 4.39 Å². The summed E-state index contributed by atoms with van der Waals surface area (Å²) < 4.78 is 42.6. The summed E-state index contributed by atoms with van der Waals surface area (Å²) in [7, 11) is 3.16. The maximum atomic E-state index is 15.5. The number of nitrogens with one attached hydrogen (secondary N) is 4. The molecule has 1 aliphatic heterocycles. The van der Waals surface area contributed by atoms with E-state index in [0.29, 0.717) is 40.1 Å². The second kappa shape index (κ2) is 20.2. The molecule has 19 nitrogen and oxygen atoms in total. The highest BCUT2D eigenvalue weighted by molar-refractivity contribution is 5.99. The molecule has 5 aromatic rings. The fourth-order valence-corrected chi connectivity index (χ4v) is 7.36. The van der Waals surface area contributed by atoms with Gasteiger partial charge in [0, 0.05) is 38.3 Å². The maximum Gasteiger partial charge on any atom is 0.411 e. The quantitative estimate of drug-likeness (QED) is 0.0695. The minimum Gasteiger partial charge on any atom is -0.445 e. The van der Waals surface area contributed by atoms with Gasteiger partial charge in [-0.15, -0.1) is 0 Å². The number of aromatic nitrogens is 5.